The van der Waals surface area contributed by atoms with E-state index >= 15 is 0 Å². The molecule has 0 aromatic heterocycles. The lowest BCUT2D eigenvalue weighted by molar-refractivity contribution is 0.325. The van der Waals surface area contributed by atoms with Gasteiger partial charge in [0.15, 0.2) is 11.5 Å². The van der Waals surface area contributed by atoms with Crippen LogP contribution in [0.1, 0.15) is 12.5 Å². The minimum Gasteiger partial charge on any atom is -0.504 e. The molecule has 0 saturated carbocycles. The van der Waals surface area contributed by atoms with E-state index in [4.69, 9.17) is 14.9 Å². The smallest absolute Gasteiger partial charge is 0.213 e. The highest BCUT2D eigenvalue weighted by Crippen LogP contribution is 2.26. The molecule has 1 aromatic rings. The van der Waals surface area contributed by atoms with Crippen LogP contribution in [0, 0.1) is 5.41 Å². The van der Waals surface area contributed by atoms with Crippen molar-refractivity contribution >= 4 is 5.90 Å². The van der Waals surface area contributed by atoms with Gasteiger partial charge in [-0.1, -0.05) is 0 Å². The Morgan fingerprint density at radius 3 is 2.71 bits per heavy atom. The van der Waals surface area contributed by atoms with Crippen LogP contribution < -0.4 is 4.74 Å². The maximum Gasteiger partial charge on any atom is 0.213 e. The first-order valence-corrected chi connectivity index (χ1v) is 4.27. The van der Waals surface area contributed by atoms with Crippen LogP contribution in [0.5, 0.6) is 11.5 Å². The van der Waals surface area contributed by atoms with Crippen molar-refractivity contribution in [3.8, 4) is 11.5 Å². The van der Waals surface area contributed by atoms with Crippen LogP contribution in [0.4, 0.5) is 0 Å². The summed E-state index contributed by atoms with van der Waals surface area (Å²) >= 11 is 0. The number of rotatable bonds is 3. The van der Waals surface area contributed by atoms with E-state index in [0.29, 0.717) is 17.9 Å². The van der Waals surface area contributed by atoms with Crippen molar-refractivity contribution in [3.05, 3.63) is 23.8 Å². The van der Waals surface area contributed by atoms with Gasteiger partial charge in [0.1, 0.15) is 0 Å². The Morgan fingerprint density at radius 2 is 2.21 bits per heavy atom. The predicted octanol–water partition coefficient (Wildman–Crippen LogP) is 1.76. The first kappa shape index (κ1) is 10.4. The van der Waals surface area contributed by atoms with E-state index < -0.39 is 0 Å². The molecule has 1 rings (SSSR count). The van der Waals surface area contributed by atoms with Gasteiger partial charge in [-0.15, -0.1) is 0 Å². The molecule has 4 nitrogen and oxygen atoms in total. The number of phenolic OH excluding ortho intramolecular Hbond substituents is 1. The molecule has 2 N–H and O–H groups in total. The Morgan fingerprint density at radius 1 is 1.50 bits per heavy atom. The van der Waals surface area contributed by atoms with Gasteiger partial charge in [-0.3, -0.25) is 5.41 Å². The summed E-state index contributed by atoms with van der Waals surface area (Å²) < 4.78 is 9.87. The highest BCUT2D eigenvalue weighted by atomic mass is 16.5. The standard InChI is InChI=1S/C10H13NO3/c1-3-14-10(11)7-4-5-9(13-2)8(12)6-7/h4-6,11-12H,3H2,1-2H3. The molecule has 1 aromatic carbocycles. The minimum atomic E-state index is 0.00875. The van der Waals surface area contributed by atoms with Crippen molar-refractivity contribution in [3.63, 3.8) is 0 Å². The number of ether oxygens (including phenoxy) is 2. The number of methoxy groups -OCH3 is 1. The molecule has 0 atom stereocenters. The highest BCUT2D eigenvalue weighted by molar-refractivity contribution is 5.92. The molecule has 14 heavy (non-hydrogen) atoms. The van der Waals surface area contributed by atoms with E-state index in [1.54, 1.807) is 19.1 Å². The van der Waals surface area contributed by atoms with Crippen molar-refractivity contribution in [1.82, 2.24) is 0 Å². The molecule has 4 heteroatoms. The predicted molar refractivity (Wildman–Crippen MR) is 53.1 cm³/mol. The van der Waals surface area contributed by atoms with E-state index in [1.165, 1.54) is 13.2 Å². The molecule has 0 aliphatic rings. The maximum absolute atomic E-state index is 9.43. The quantitative estimate of drug-likeness (QED) is 0.570. The lowest BCUT2D eigenvalue weighted by atomic mass is 10.2. The van der Waals surface area contributed by atoms with Gasteiger partial charge in [0.2, 0.25) is 5.90 Å². The van der Waals surface area contributed by atoms with E-state index in [2.05, 4.69) is 0 Å². The molecule has 76 valence electrons. The molecule has 0 radical (unpaired) electrons. The molecule has 0 bridgehead atoms. The summed E-state index contributed by atoms with van der Waals surface area (Å²) in [5, 5.41) is 16.9. The molecule has 0 amide bonds. The molecule has 0 aliphatic heterocycles. The van der Waals surface area contributed by atoms with Gasteiger partial charge >= 0.3 is 0 Å². The topological polar surface area (TPSA) is 62.5 Å². The van der Waals surface area contributed by atoms with Crippen LogP contribution >= 0.6 is 0 Å². The molecule has 0 fully saturated rings. The fraction of sp³-hybridized carbons (Fsp3) is 0.300. The van der Waals surface area contributed by atoms with Crippen LogP contribution in [0.2, 0.25) is 0 Å². The Bertz CT molecular complexity index is 336. The molecular weight excluding hydrogens is 182 g/mol. The summed E-state index contributed by atoms with van der Waals surface area (Å²) in [6.45, 7) is 2.24. The van der Waals surface area contributed by atoms with Gasteiger partial charge in [0.25, 0.3) is 0 Å². The molecule has 0 aliphatic carbocycles. The summed E-state index contributed by atoms with van der Waals surface area (Å²) in [6, 6.07) is 4.70. The second-order valence-corrected chi connectivity index (χ2v) is 2.65. The van der Waals surface area contributed by atoms with Crippen LogP contribution in [0.25, 0.3) is 0 Å². The summed E-state index contributed by atoms with van der Waals surface area (Å²) in [5.74, 6) is 0.443. The Kier molecular flexibility index (Phi) is 3.34. The molecule has 0 spiro atoms. The van der Waals surface area contributed by atoms with Gasteiger partial charge in [0, 0.05) is 5.56 Å². The summed E-state index contributed by atoms with van der Waals surface area (Å²) in [4.78, 5) is 0. The largest absolute Gasteiger partial charge is 0.504 e. The third-order valence-corrected chi connectivity index (χ3v) is 1.73. The monoisotopic (exact) mass is 195 g/mol. The number of hydrogen-bond acceptors (Lipinski definition) is 4. The van der Waals surface area contributed by atoms with Crippen LogP contribution in [-0.2, 0) is 4.74 Å². The van der Waals surface area contributed by atoms with Crippen LogP contribution in [0.3, 0.4) is 0 Å². The third kappa shape index (κ3) is 2.16. The van der Waals surface area contributed by atoms with Gasteiger partial charge in [-0.25, -0.2) is 0 Å². The van der Waals surface area contributed by atoms with Crippen molar-refractivity contribution < 1.29 is 14.6 Å². The van der Waals surface area contributed by atoms with E-state index in [9.17, 15) is 5.11 Å². The summed E-state index contributed by atoms with van der Waals surface area (Å²) in [6.07, 6.45) is 0. The Labute approximate surface area is 82.6 Å². The molecule has 0 unspecified atom stereocenters. The average molecular weight is 195 g/mol. The number of hydrogen-bond donors (Lipinski definition) is 2. The van der Waals surface area contributed by atoms with Crippen molar-refractivity contribution in [1.29, 1.82) is 5.41 Å². The third-order valence-electron chi connectivity index (χ3n) is 1.73. The SMILES string of the molecule is CCOC(=N)c1ccc(OC)c(O)c1. The van der Waals surface area contributed by atoms with Crippen LogP contribution in [-0.4, -0.2) is 24.7 Å². The zero-order valence-electron chi connectivity index (χ0n) is 8.20. The lowest BCUT2D eigenvalue weighted by Gasteiger charge is -2.07. The van der Waals surface area contributed by atoms with E-state index in [1.807, 2.05) is 0 Å². The van der Waals surface area contributed by atoms with Gasteiger partial charge in [0.05, 0.1) is 13.7 Å². The van der Waals surface area contributed by atoms with Gasteiger partial charge in [-0.05, 0) is 25.1 Å². The number of phenols is 1. The molecule has 0 heterocycles. The van der Waals surface area contributed by atoms with Crippen molar-refractivity contribution in [2.24, 2.45) is 0 Å². The van der Waals surface area contributed by atoms with Crippen LogP contribution in [0.15, 0.2) is 18.2 Å². The summed E-state index contributed by atoms with van der Waals surface area (Å²) in [7, 11) is 1.47. The normalized spacial score (nSPS) is 9.57. The fourth-order valence-corrected chi connectivity index (χ4v) is 1.06. The first-order valence-electron chi connectivity index (χ1n) is 4.27. The second kappa shape index (κ2) is 4.50. The van der Waals surface area contributed by atoms with Crippen molar-refractivity contribution in [2.75, 3.05) is 13.7 Å². The first-order chi connectivity index (χ1) is 6.69. The van der Waals surface area contributed by atoms with E-state index in [0.717, 1.165) is 0 Å². The summed E-state index contributed by atoms with van der Waals surface area (Å²) in [5.41, 5.74) is 0.533. The molecular formula is C10H13NO3. The number of aromatic hydroxyl groups is 1. The molecule has 0 saturated heterocycles. The highest BCUT2D eigenvalue weighted by Gasteiger charge is 2.06. The van der Waals surface area contributed by atoms with Crippen molar-refractivity contribution in [2.45, 2.75) is 6.92 Å². The Hall–Kier alpha value is -1.71. The zero-order chi connectivity index (χ0) is 10.6. The minimum absolute atomic E-state index is 0.00875. The van der Waals surface area contributed by atoms with Gasteiger partial charge < -0.3 is 14.6 Å². The number of benzene rings is 1. The second-order valence-electron chi connectivity index (χ2n) is 2.65. The average Bonchev–Trinajstić information content (AvgIpc) is 2.18. The Balaban J connectivity index is 2.91. The maximum atomic E-state index is 9.43. The van der Waals surface area contributed by atoms with Gasteiger partial charge in [-0.2, -0.15) is 0 Å². The zero-order valence-corrected chi connectivity index (χ0v) is 8.20. The van der Waals surface area contributed by atoms with E-state index in [-0.39, 0.29) is 11.6 Å². The lowest BCUT2D eigenvalue weighted by Crippen LogP contribution is -2.04. The number of nitrogens with one attached hydrogen (secondary N) is 1. The fourth-order valence-electron chi connectivity index (χ4n) is 1.06.